The van der Waals surface area contributed by atoms with Crippen molar-refractivity contribution in [3.63, 3.8) is 0 Å². The maximum atomic E-state index is 14.0. The third kappa shape index (κ3) is 2.72. The van der Waals surface area contributed by atoms with E-state index in [0.29, 0.717) is 10.6 Å². The molecule has 19 heavy (non-hydrogen) atoms. The van der Waals surface area contributed by atoms with Crippen molar-refractivity contribution in [2.45, 2.75) is 0 Å². The largest absolute Gasteiger partial charge is 0.465 e. The number of ether oxygens (including phenoxy) is 1. The van der Waals surface area contributed by atoms with E-state index in [9.17, 15) is 9.18 Å². The predicted octanol–water partition coefficient (Wildman–Crippen LogP) is 4.59. The summed E-state index contributed by atoms with van der Waals surface area (Å²) in [4.78, 5) is 11.7. The first-order valence-corrected chi connectivity index (χ1v) is 6.12. The molecule has 5 heteroatoms. The first-order valence-electron chi connectivity index (χ1n) is 5.37. The van der Waals surface area contributed by atoms with Gasteiger partial charge in [-0.25, -0.2) is 9.18 Å². The Kier molecular flexibility index (Phi) is 4.08. The first-order chi connectivity index (χ1) is 9.04. The Bertz CT molecular complexity index is 641. The molecule has 0 unspecified atom stereocenters. The minimum atomic E-state index is -0.625. The SMILES string of the molecule is COC(=O)c1cccc(F)c1-c1ccc(Cl)cc1Cl. The van der Waals surface area contributed by atoms with E-state index in [1.54, 1.807) is 12.1 Å². The van der Waals surface area contributed by atoms with Gasteiger partial charge in [0.15, 0.2) is 0 Å². The van der Waals surface area contributed by atoms with Gasteiger partial charge >= 0.3 is 5.97 Å². The average molecular weight is 299 g/mol. The average Bonchev–Trinajstić information content (AvgIpc) is 2.38. The van der Waals surface area contributed by atoms with Crippen molar-refractivity contribution in [1.82, 2.24) is 0 Å². The second-order valence-electron chi connectivity index (χ2n) is 3.78. The smallest absolute Gasteiger partial charge is 0.338 e. The summed E-state index contributed by atoms with van der Waals surface area (Å²) in [5, 5.41) is 0.701. The molecule has 0 aromatic heterocycles. The second-order valence-corrected chi connectivity index (χ2v) is 4.62. The van der Waals surface area contributed by atoms with Crippen molar-refractivity contribution < 1.29 is 13.9 Å². The van der Waals surface area contributed by atoms with E-state index >= 15 is 0 Å². The molecule has 0 aliphatic heterocycles. The second kappa shape index (κ2) is 5.59. The normalized spacial score (nSPS) is 10.3. The monoisotopic (exact) mass is 298 g/mol. The van der Waals surface area contributed by atoms with Crippen molar-refractivity contribution in [2.24, 2.45) is 0 Å². The number of carbonyl (C=O) groups is 1. The van der Waals surface area contributed by atoms with Crippen LogP contribution in [0.3, 0.4) is 0 Å². The lowest BCUT2D eigenvalue weighted by Crippen LogP contribution is -2.05. The summed E-state index contributed by atoms with van der Waals surface area (Å²) in [7, 11) is 1.24. The Morgan fingerprint density at radius 1 is 1.21 bits per heavy atom. The minimum Gasteiger partial charge on any atom is -0.465 e. The highest BCUT2D eigenvalue weighted by Crippen LogP contribution is 2.34. The molecule has 0 saturated carbocycles. The van der Waals surface area contributed by atoms with Gasteiger partial charge in [0, 0.05) is 16.1 Å². The van der Waals surface area contributed by atoms with Crippen LogP contribution in [0, 0.1) is 5.82 Å². The van der Waals surface area contributed by atoms with Crippen molar-refractivity contribution in [1.29, 1.82) is 0 Å². The summed E-state index contributed by atoms with van der Waals surface area (Å²) >= 11 is 11.9. The fourth-order valence-electron chi connectivity index (χ4n) is 1.77. The zero-order valence-electron chi connectivity index (χ0n) is 9.91. The Morgan fingerprint density at radius 3 is 2.58 bits per heavy atom. The molecular formula is C14H9Cl2FO2. The molecule has 0 aliphatic rings. The molecule has 0 bridgehead atoms. The van der Waals surface area contributed by atoms with Crippen LogP contribution >= 0.6 is 23.2 Å². The molecule has 2 rings (SSSR count). The molecule has 0 fully saturated rings. The van der Waals surface area contributed by atoms with Crippen molar-refractivity contribution in [3.05, 3.63) is 57.8 Å². The van der Waals surface area contributed by atoms with E-state index in [2.05, 4.69) is 4.74 Å². The molecule has 0 amide bonds. The lowest BCUT2D eigenvalue weighted by Gasteiger charge is -2.11. The number of rotatable bonds is 2. The summed E-state index contributed by atoms with van der Waals surface area (Å²) in [6.45, 7) is 0. The van der Waals surface area contributed by atoms with E-state index in [-0.39, 0.29) is 16.1 Å². The van der Waals surface area contributed by atoms with Gasteiger partial charge < -0.3 is 4.74 Å². The van der Waals surface area contributed by atoms with Crippen LogP contribution in [0.4, 0.5) is 4.39 Å². The van der Waals surface area contributed by atoms with Gasteiger partial charge in [-0.05, 0) is 24.3 Å². The molecule has 0 radical (unpaired) electrons. The fourth-order valence-corrected chi connectivity index (χ4v) is 2.27. The van der Waals surface area contributed by atoms with E-state index in [1.165, 1.54) is 31.4 Å². The molecule has 2 aromatic carbocycles. The van der Waals surface area contributed by atoms with E-state index in [1.807, 2.05) is 0 Å². The minimum absolute atomic E-state index is 0.107. The summed E-state index contributed by atoms with van der Waals surface area (Å²) < 4.78 is 18.7. The van der Waals surface area contributed by atoms with Crippen LogP contribution in [0.25, 0.3) is 11.1 Å². The molecule has 98 valence electrons. The highest BCUT2D eigenvalue weighted by Gasteiger charge is 2.19. The quantitative estimate of drug-likeness (QED) is 0.758. The number of esters is 1. The van der Waals surface area contributed by atoms with Crippen molar-refractivity contribution >= 4 is 29.2 Å². The molecule has 2 nitrogen and oxygen atoms in total. The molecule has 0 N–H and O–H groups in total. The standard InChI is InChI=1S/C14H9Cl2FO2/c1-19-14(18)10-3-2-4-12(17)13(10)9-6-5-8(15)7-11(9)16/h2-7H,1H3. The van der Waals surface area contributed by atoms with Gasteiger partial charge in [0.05, 0.1) is 17.7 Å². The Morgan fingerprint density at radius 2 is 1.95 bits per heavy atom. The maximum absolute atomic E-state index is 14.0. The number of hydrogen-bond donors (Lipinski definition) is 0. The van der Waals surface area contributed by atoms with Gasteiger partial charge in [-0.1, -0.05) is 35.3 Å². The van der Waals surface area contributed by atoms with Crippen molar-refractivity contribution in [3.8, 4) is 11.1 Å². The third-order valence-electron chi connectivity index (χ3n) is 2.62. The summed E-state index contributed by atoms with van der Waals surface area (Å²) in [5.74, 6) is -1.17. The summed E-state index contributed by atoms with van der Waals surface area (Å²) in [6, 6.07) is 8.81. The fraction of sp³-hybridized carbons (Fsp3) is 0.0714. The van der Waals surface area contributed by atoms with Crippen LogP contribution < -0.4 is 0 Å². The summed E-state index contributed by atoms with van der Waals surface area (Å²) in [6.07, 6.45) is 0. The summed E-state index contributed by atoms with van der Waals surface area (Å²) in [5.41, 5.74) is 0.618. The lowest BCUT2D eigenvalue weighted by molar-refractivity contribution is 0.0601. The number of halogens is 3. The molecule has 0 saturated heterocycles. The number of hydrogen-bond acceptors (Lipinski definition) is 2. The van der Waals surface area contributed by atoms with Crippen molar-refractivity contribution in [2.75, 3.05) is 7.11 Å². The van der Waals surface area contributed by atoms with Gasteiger partial charge in [0.1, 0.15) is 5.82 Å². The Labute approximate surface area is 119 Å². The van der Waals surface area contributed by atoms with Gasteiger partial charge in [-0.3, -0.25) is 0 Å². The first kappa shape index (κ1) is 13.8. The molecule has 0 atom stereocenters. The van der Waals surface area contributed by atoms with Crippen LogP contribution in [0.5, 0.6) is 0 Å². The maximum Gasteiger partial charge on any atom is 0.338 e. The molecule has 0 heterocycles. The molecule has 2 aromatic rings. The highest BCUT2D eigenvalue weighted by atomic mass is 35.5. The van der Waals surface area contributed by atoms with Gasteiger partial charge in [-0.15, -0.1) is 0 Å². The van der Waals surface area contributed by atoms with Crippen LogP contribution in [-0.2, 0) is 4.74 Å². The zero-order chi connectivity index (χ0) is 14.0. The zero-order valence-corrected chi connectivity index (χ0v) is 11.4. The van der Waals surface area contributed by atoms with E-state index < -0.39 is 11.8 Å². The Hall–Kier alpha value is -1.58. The number of methoxy groups -OCH3 is 1. The van der Waals surface area contributed by atoms with E-state index in [4.69, 9.17) is 23.2 Å². The molecule has 0 aliphatic carbocycles. The lowest BCUT2D eigenvalue weighted by atomic mass is 9.99. The molecular weight excluding hydrogens is 290 g/mol. The number of benzene rings is 2. The third-order valence-corrected chi connectivity index (χ3v) is 3.17. The molecule has 0 spiro atoms. The van der Waals surface area contributed by atoms with Gasteiger partial charge in [-0.2, -0.15) is 0 Å². The highest BCUT2D eigenvalue weighted by molar-refractivity contribution is 6.36. The van der Waals surface area contributed by atoms with Gasteiger partial charge in [0.2, 0.25) is 0 Å². The topological polar surface area (TPSA) is 26.3 Å². The Balaban J connectivity index is 2.70. The van der Waals surface area contributed by atoms with Gasteiger partial charge in [0.25, 0.3) is 0 Å². The van der Waals surface area contributed by atoms with Crippen LogP contribution in [0.1, 0.15) is 10.4 Å². The van der Waals surface area contributed by atoms with E-state index in [0.717, 1.165) is 0 Å². The number of carbonyl (C=O) groups excluding carboxylic acids is 1. The van der Waals surface area contributed by atoms with Crippen LogP contribution in [0.2, 0.25) is 10.0 Å². The van der Waals surface area contributed by atoms with Crippen LogP contribution in [-0.4, -0.2) is 13.1 Å². The van der Waals surface area contributed by atoms with Crippen LogP contribution in [0.15, 0.2) is 36.4 Å². The predicted molar refractivity (Wildman–Crippen MR) is 73.2 cm³/mol.